The third kappa shape index (κ3) is 4.27. The molecule has 2 heterocycles. The number of hydrogen-bond acceptors (Lipinski definition) is 7. The fraction of sp³-hybridized carbons (Fsp3) is 0.312. The van der Waals surface area contributed by atoms with Gasteiger partial charge in [-0.1, -0.05) is 0 Å². The van der Waals surface area contributed by atoms with Crippen LogP contribution in [0.2, 0.25) is 0 Å². The summed E-state index contributed by atoms with van der Waals surface area (Å²) in [6, 6.07) is 7.47. The van der Waals surface area contributed by atoms with E-state index in [2.05, 4.69) is 9.97 Å². The van der Waals surface area contributed by atoms with Crippen LogP contribution in [0.15, 0.2) is 47.8 Å². The maximum absolute atomic E-state index is 12.7. The molecule has 1 atom stereocenters. The molecule has 0 radical (unpaired) electrons. The van der Waals surface area contributed by atoms with Crippen LogP contribution >= 0.6 is 0 Å². The molecule has 0 unspecified atom stereocenters. The van der Waals surface area contributed by atoms with E-state index >= 15 is 0 Å². The Balaban J connectivity index is 1.64. The van der Waals surface area contributed by atoms with Crippen molar-refractivity contribution in [3.63, 3.8) is 0 Å². The maximum Gasteiger partial charge on any atom is 0.255 e. The molecule has 0 bridgehead atoms. The van der Waals surface area contributed by atoms with E-state index in [-0.39, 0.29) is 24.2 Å². The standard InChI is InChI=1S/C16H18N4O5S/c17-15(21)10-24-12-1-3-14(4-2-12)26(22,23)20-8-6-13(9-20)25-16-5-7-18-11-19-16/h1-5,7,11,13H,6,8-10H2,(H2,17,21)/t13-/m0/s1. The van der Waals surface area contributed by atoms with Crippen molar-refractivity contribution in [2.45, 2.75) is 17.4 Å². The number of carbonyl (C=O) groups excluding carboxylic acids is 1. The first-order valence-corrected chi connectivity index (χ1v) is 9.33. The van der Waals surface area contributed by atoms with Gasteiger partial charge < -0.3 is 15.2 Å². The summed E-state index contributed by atoms with van der Waals surface area (Å²) in [6.45, 7) is 0.338. The van der Waals surface area contributed by atoms with Crippen molar-refractivity contribution in [2.24, 2.45) is 5.73 Å². The van der Waals surface area contributed by atoms with Crippen molar-refractivity contribution in [1.29, 1.82) is 0 Å². The van der Waals surface area contributed by atoms with Gasteiger partial charge in [-0.05, 0) is 30.7 Å². The van der Waals surface area contributed by atoms with Gasteiger partial charge in [0.25, 0.3) is 5.91 Å². The highest BCUT2D eigenvalue weighted by atomic mass is 32.2. The molecule has 0 saturated carbocycles. The van der Waals surface area contributed by atoms with Gasteiger partial charge in [-0.15, -0.1) is 0 Å². The molecule has 138 valence electrons. The van der Waals surface area contributed by atoms with E-state index < -0.39 is 15.9 Å². The van der Waals surface area contributed by atoms with Crippen LogP contribution in [0.1, 0.15) is 6.42 Å². The van der Waals surface area contributed by atoms with E-state index in [0.717, 1.165) is 0 Å². The number of ether oxygens (including phenoxy) is 2. The fourth-order valence-electron chi connectivity index (χ4n) is 2.54. The first-order chi connectivity index (χ1) is 12.4. The smallest absolute Gasteiger partial charge is 0.255 e. The van der Waals surface area contributed by atoms with Crippen LogP contribution in [-0.2, 0) is 14.8 Å². The Hall–Kier alpha value is -2.72. The molecule has 10 heteroatoms. The summed E-state index contributed by atoms with van der Waals surface area (Å²) >= 11 is 0. The maximum atomic E-state index is 12.7. The van der Waals surface area contributed by atoms with Crippen molar-refractivity contribution >= 4 is 15.9 Å². The zero-order valence-electron chi connectivity index (χ0n) is 13.8. The second-order valence-corrected chi connectivity index (χ2v) is 7.60. The number of aromatic nitrogens is 2. The third-order valence-corrected chi connectivity index (χ3v) is 5.67. The minimum absolute atomic E-state index is 0.145. The highest BCUT2D eigenvalue weighted by Crippen LogP contribution is 2.24. The van der Waals surface area contributed by atoms with Crippen LogP contribution in [0, 0.1) is 0 Å². The lowest BCUT2D eigenvalue weighted by atomic mass is 10.3. The third-order valence-electron chi connectivity index (χ3n) is 3.79. The number of amides is 1. The molecule has 3 rings (SSSR count). The largest absolute Gasteiger partial charge is 0.484 e. The van der Waals surface area contributed by atoms with Crippen molar-refractivity contribution in [1.82, 2.24) is 14.3 Å². The molecule has 0 aliphatic carbocycles. The number of hydrogen-bond donors (Lipinski definition) is 1. The van der Waals surface area contributed by atoms with Crippen LogP contribution < -0.4 is 15.2 Å². The Morgan fingerprint density at radius 2 is 2.04 bits per heavy atom. The number of sulfonamides is 1. The van der Waals surface area contributed by atoms with E-state index in [4.69, 9.17) is 15.2 Å². The zero-order valence-corrected chi connectivity index (χ0v) is 14.6. The molecule has 2 aromatic rings. The zero-order chi connectivity index (χ0) is 18.6. The highest BCUT2D eigenvalue weighted by Gasteiger charge is 2.33. The first kappa shape index (κ1) is 18.1. The van der Waals surface area contributed by atoms with Gasteiger partial charge in [0.1, 0.15) is 18.2 Å². The Morgan fingerprint density at radius 1 is 1.27 bits per heavy atom. The number of primary amides is 1. The van der Waals surface area contributed by atoms with Crippen LogP contribution in [0.4, 0.5) is 0 Å². The first-order valence-electron chi connectivity index (χ1n) is 7.89. The number of benzene rings is 1. The highest BCUT2D eigenvalue weighted by molar-refractivity contribution is 7.89. The van der Waals surface area contributed by atoms with Gasteiger partial charge in [0.2, 0.25) is 15.9 Å². The monoisotopic (exact) mass is 378 g/mol. The summed E-state index contributed by atoms with van der Waals surface area (Å²) in [7, 11) is -3.64. The summed E-state index contributed by atoms with van der Waals surface area (Å²) in [5, 5.41) is 0. The quantitative estimate of drug-likeness (QED) is 0.729. The lowest BCUT2D eigenvalue weighted by Crippen LogP contribution is -2.31. The Kier molecular flexibility index (Phi) is 5.33. The Morgan fingerprint density at radius 3 is 2.69 bits per heavy atom. The molecule has 1 aromatic carbocycles. The number of nitrogens with zero attached hydrogens (tertiary/aromatic N) is 3. The van der Waals surface area contributed by atoms with Gasteiger partial charge in [-0.3, -0.25) is 4.79 Å². The van der Waals surface area contributed by atoms with Crippen LogP contribution in [0.5, 0.6) is 11.6 Å². The molecule has 2 N–H and O–H groups in total. The van der Waals surface area contributed by atoms with Gasteiger partial charge in [0.15, 0.2) is 6.61 Å². The molecule has 26 heavy (non-hydrogen) atoms. The molecular formula is C16H18N4O5S. The molecule has 9 nitrogen and oxygen atoms in total. The van der Waals surface area contributed by atoms with Crippen molar-refractivity contribution < 1.29 is 22.7 Å². The van der Waals surface area contributed by atoms with Crippen LogP contribution in [0.25, 0.3) is 0 Å². The number of nitrogens with two attached hydrogens (primary N) is 1. The normalized spacial score (nSPS) is 17.8. The minimum atomic E-state index is -3.64. The van der Waals surface area contributed by atoms with Crippen molar-refractivity contribution in [3.8, 4) is 11.6 Å². The molecule has 1 aliphatic rings. The topological polar surface area (TPSA) is 125 Å². The summed E-state index contributed by atoms with van der Waals surface area (Å²) in [6.07, 6.45) is 3.25. The van der Waals surface area contributed by atoms with Gasteiger partial charge in [0, 0.05) is 18.8 Å². The Bertz CT molecular complexity index is 858. The fourth-order valence-corrected chi connectivity index (χ4v) is 4.03. The van der Waals surface area contributed by atoms with Crippen LogP contribution in [0.3, 0.4) is 0 Å². The molecule has 1 aliphatic heterocycles. The number of rotatable bonds is 7. The average Bonchev–Trinajstić information content (AvgIpc) is 3.10. The minimum Gasteiger partial charge on any atom is -0.484 e. The van der Waals surface area contributed by atoms with Crippen molar-refractivity contribution in [2.75, 3.05) is 19.7 Å². The summed E-state index contributed by atoms with van der Waals surface area (Å²) in [5.41, 5.74) is 5.00. The summed E-state index contributed by atoms with van der Waals surface area (Å²) in [5.74, 6) is 0.183. The Labute approximate surface area is 150 Å². The number of carbonyl (C=O) groups is 1. The second kappa shape index (κ2) is 7.67. The average molecular weight is 378 g/mol. The van der Waals surface area contributed by atoms with Crippen molar-refractivity contribution in [3.05, 3.63) is 42.9 Å². The lowest BCUT2D eigenvalue weighted by molar-refractivity contribution is -0.119. The molecule has 1 aromatic heterocycles. The van der Waals surface area contributed by atoms with Gasteiger partial charge in [-0.2, -0.15) is 4.31 Å². The summed E-state index contributed by atoms with van der Waals surface area (Å²) < 4.78 is 37.7. The van der Waals surface area contributed by atoms with E-state index in [9.17, 15) is 13.2 Å². The van der Waals surface area contributed by atoms with Gasteiger partial charge in [-0.25, -0.2) is 18.4 Å². The van der Waals surface area contributed by atoms with E-state index in [1.165, 1.54) is 34.9 Å². The van der Waals surface area contributed by atoms with E-state index in [1.807, 2.05) is 0 Å². The lowest BCUT2D eigenvalue weighted by Gasteiger charge is -2.17. The molecule has 0 spiro atoms. The molecule has 1 amide bonds. The predicted molar refractivity (Wildman–Crippen MR) is 91.0 cm³/mol. The van der Waals surface area contributed by atoms with E-state index in [1.54, 1.807) is 12.3 Å². The van der Waals surface area contributed by atoms with Gasteiger partial charge in [0.05, 0.1) is 11.4 Å². The predicted octanol–water partition coefficient (Wildman–Crippen LogP) is 0.183. The summed E-state index contributed by atoms with van der Waals surface area (Å²) in [4.78, 5) is 18.6. The molecule has 1 fully saturated rings. The van der Waals surface area contributed by atoms with E-state index in [0.29, 0.717) is 24.6 Å². The SMILES string of the molecule is NC(=O)COc1ccc(S(=O)(=O)N2CC[C@H](Oc3ccncn3)C2)cc1. The molecule has 1 saturated heterocycles. The van der Waals surface area contributed by atoms with Gasteiger partial charge >= 0.3 is 0 Å². The molecular weight excluding hydrogens is 360 g/mol. The second-order valence-electron chi connectivity index (χ2n) is 5.67. The van der Waals surface area contributed by atoms with Crippen LogP contribution in [-0.4, -0.2) is 54.4 Å².